The molecule has 6 nitrogen and oxygen atoms in total. The van der Waals surface area contributed by atoms with Crippen LogP contribution < -0.4 is 15.0 Å². The predicted octanol–water partition coefficient (Wildman–Crippen LogP) is 4.81. The van der Waals surface area contributed by atoms with Gasteiger partial charge in [0.1, 0.15) is 11.2 Å². The summed E-state index contributed by atoms with van der Waals surface area (Å²) in [5.41, 5.74) is 3.86. The molecule has 148 valence electrons. The number of carbonyl (C=O) groups excluding carboxylic acids is 1. The quantitative estimate of drug-likeness (QED) is 0.619. The number of hydrogen-bond donors (Lipinski definition) is 1. The maximum Gasteiger partial charge on any atom is 0.266 e. The molecule has 0 aliphatic heterocycles. The molecule has 3 aromatic rings. The van der Waals surface area contributed by atoms with Gasteiger partial charge in [0, 0.05) is 24.5 Å². The van der Waals surface area contributed by atoms with Crippen molar-refractivity contribution < 1.29 is 9.53 Å². The van der Waals surface area contributed by atoms with E-state index in [1.165, 1.54) is 17.7 Å². The van der Waals surface area contributed by atoms with Crippen LogP contribution in [0.3, 0.4) is 0 Å². The van der Waals surface area contributed by atoms with Gasteiger partial charge >= 0.3 is 0 Å². The number of nitrogens with zero attached hydrogens (tertiary/aromatic N) is 3. The standard InChI is InChI=1S/C21H26N4O2S/c1-6-25(7-2)15-9-10-16(13(4)11-15)24-19(26)18-14(5)17-20(27-8-3)22-12-23-21(17)28-18/h9-12H,6-8H2,1-5H3,(H,24,26). The van der Waals surface area contributed by atoms with Gasteiger partial charge in [-0.2, -0.15) is 0 Å². The van der Waals surface area contributed by atoms with Crippen LogP contribution in [0.15, 0.2) is 24.5 Å². The Morgan fingerprint density at radius 1 is 1.18 bits per heavy atom. The lowest BCUT2D eigenvalue weighted by Gasteiger charge is -2.22. The third kappa shape index (κ3) is 3.80. The smallest absolute Gasteiger partial charge is 0.266 e. The Morgan fingerprint density at radius 3 is 2.57 bits per heavy atom. The number of rotatable bonds is 7. The van der Waals surface area contributed by atoms with Crippen LogP contribution in [-0.2, 0) is 0 Å². The minimum atomic E-state index is -0.137. The zero-order valence-electron chi connectivity index (χ0n) is 17.0. The Labute approximate surface area is 169 Å². The van der Waals surface area contributed by atoms with Crippen molar-refractivity contribution in [3.63, 3.8) is 0 Å². The second kappa shape index (κ2) is 8.56. The topological polar surface area (TPSA) is 67.3 Å². The molecule has 0 spiro atoms. The van der Waals surface area contributed by atoms with E-state index >= 15 is 0 Å². The van der Waals surface area contributed by atoms with E-state index in [2.05, 4.69) is 40.1 Å². The molecule has 0 aliphatic rings. The fourth-order valence-electron chi connectivity index (χ4n) is 3.25. The molecular weight excluding hydrogens is 372 g/mol. The third-order valence-corrected chi connectivity index (χ3v) is 5.96. The lowest BCUT2D eigenvalue weighted by atomic mass is 10.1. The summed E-state index contributed by atoms with van der Waals surface area (Å²) in [4.78, 5) is 25.1. The molecule has 7 heteroatoms. The van der Waals surface area contributed by atoms with Gasteiger partial charge in [-0.25, -0.2) is 9.97 Å². The number of thiophene rings is 1. The number of fused-ring (bicyclic) bond motifs is 1. The average molecular weight is 399 g/mol. The summed E-state index contributed by atoms with van der Waals surface area (Å²) in [7, 11) is 0. The number of aromatic nitrogens is 2. The first kappa shape index (κ1) is 20.1. The molecule has 0 saturated carbocycles. The molecule has 1 amide bonds. The largest absolute Gasteiger partial charge is 0.477 e. The second-order valence-corrected chi connectivity index (χ2v) is 7.47. The average Bonchev–Trinajstić information content (AvgIpc) is 3.03. The van der Waals surface area contributed by atoms with Crippen LogP contribution in [-0.4, -0.2) is 35.6 Å². The van der Waals surface area contributed by atoms with Gasteiger partial charge in [0.15, 0.2) is 0 Å². The molecule has 0 atom stereocenters. The Hall–Kier alpha value is -2.67. The fourth-order valence-corrected chi connectivity index (χ4v) is 4.29. The normalized spacial score (nSPS) is 10.9. The number of anilines is 2. The summed E-state index contributed by atoms with van der Waals surface area (Å²) < 4.78 is 5.61. The first-order chi connectivity index (χ1) is 13.5. The zero-order valence-corrected chi connectivity index (χ0v) is 17.8. The molecule has 0 unspecified atom stereocenters. The summed E-state index contributed by atoms with van der Waals surface area (Å²) in [6.07, 6.45) is 1.47. The van der Waals surface area contributed by atoms with E-state index in [9.17, 15) is 4.79 Å². The Balaban J connectivity index is 1.89. The van der Waals surface area contributed by atoms with Crippen LogP contribution in [0.2, 0.25) is 0 Å². The van der Waals surface area contributed by atoms with E-state index in [0.717, 1.165) is 45.8 Å². The van der Waals surface area contributed by atoms with Gasteiger partial charge in [0.2, 0.25) is 5.88 Å². The van der Waals surface area contributed by atoms with Gasteiger partial charge < -0.3 is 15.0 Å². The van der Waals surface area contributed by atoms with Gasteiger partial charge in [-0.3, -0.25) is 4.79 Å². The number of ether oxygens (including phenoxy) is 1. The maximum absolute atomic E-state index is 13.0. The van der Waals surface area contributed by atoms with Crippen LogP contribution >= 0.6 is 11.3 Å². The molecule has 0 bridgehead atoms. The predicted molar refractivity (Wildman–Crippen MR) is 116 cm³/mol. The molecule has 0 aliphatic carbocycles. The van der Waals surface area contributed by atoms with Crippen LogP contribution in [0.25, 0.3) is 10.2 Å². The fraction of sp³-hybridized carbons (Fsp3) is 0.381. The summed E-state index contributed by atoms with van der Waals surface area (Å²) in [6.45, 7) is 12.5. The van der Waals surface area contributed by atoms with Crippen molar-refractivity contribution in [2.75, 3.05) is 29.9 Å². The highest BCUT2D eigenvalue weighted by Gasteiger charge is 2.20. The molecule has 0 fully saturated rings. The molecule has 2 heterocycles. The van der Waals surface area contributed by atoms with E-state index < -0.39 is 0 Å². The number of aryl methyl sites for hydroxylation is 2. The van der Waals surface area contributed by atoms with E-state index in [4.69, 9.17) is 4.74 Å². The highest BCUT2D eigenvalue weighted by molar-refractivity contribution is 7.20. The van der Waals surface area contributed by atoms with Crippen LogP contribution in [0, 0.1) is 13.8 Å². The second-order valence-electron chi connectivity index (χ2n) is 6.47. The molecule has 1 aromatic carbocycles. The molecule has 28 heavy (non-hydrogen) atoms. The summed E-state index contributed by atoms with van der Waals surface area (Å²) in [5.74, 6) is 0.390. The molecule has 0 radical (unpaired) electrons. The van der Waals surface area contributed by atoms with E-state index in [1.54, 1.807) is 0 Å². The van der Waals surface area contributed by atoms with Gasteiger partial charge in [-0.15, -0.1) is 11.3 Å². The van der Waals surface area contributed by atoms with Crippen molar-refractivity contribution in [2.45, 2.75) is 34.6 Å². The highest BCUT2D eigenvalue weighted by atomic mass is 32.1. The summed E-state index contributed by atoms with van der Waals surface area (Å²) in [5, 5.41) is 3.86. The van der Waals surface area contributed by atoms with Crippen molar-refractivity contribution in [2.24, 2.45) is 0 Å². The van der Waals surface area contributed by atoms with Crippen LogP contribution in [0.4, 0.5) is 11.4 Å². The molecular formula is C21H26N4O2S. The Bertz CT molecular complexity index is 995. The molecule has 1 N–H and O–H groups in total. The Kier molecular flexibility index (Phi) is 6.14. The van der Waals surface area contributed by atoms with Gasteiger partial charge in [-0.05, 0) is 63.9 Å². The van der Waals surface area contributed by atoms with Crippen molar-refractivity contribution in [3.8, 4) is 5.88 Å². The maximum atomic E-state index is 13.0. The summed E-state index contributed by atoms with van der Waals surface area (Å²) in [6, 6.07) is 6.13. The number of carbonyl (C=O) groups is 1. The zero-order chi connectivity index (χ0) is 20.3. The van der Waals surface area contributed by atoms with Gasteiger partial charge in [-0.1, -0.05) is 0 Å². The number of hydrogen-bond acceptors (Lipinski definition) is 6. The first-order valence-electron chi connectivity index (χ1n) is 9.53. The SMILES string of the molecule is CCOc1ncnc2sc(C(=O)Nc3ccc(N(CC)CC)cc3C)c(C)c12. The van der Waals surface area contributed by atoms with Gasteiger partial charge in [0.25, 0.3) is 5.91 Å². The number of benzene rings is 1. The van der Waals surface area contributed by atoms with E-state index in [0.29, 0.717) is 17.4 Å². The minimum Gasteiger partial charge on any atom is -0.477 e. The lowest BCUT2D eigenvalue weighted by Crippen LogP contribution is -2.22. The molecule has 2 aromatic heterocycles. The number of nitrogens with one attached hydrogen (secondary N) is 1. The van der Waals surface area contributed by atoms with Crippen molar-refractivity contribution in [1.29, 1.82) is 0 Å². The van der Waals surface area contributed by atoms with Crippen LogP contribution in [0.5, 0.6) is 5.88 Å². The van der Waals surface area contributed by atoms with Crippen LogP contribution in [0.1, 0.15) is 41.6 Å². The van der Waals surface area contributed by atoms with Crippen molar-refractivity contribution in [3.05, 3.63) is 40.5 Å². The van der Waals surface area contributed by atoms with Gasteiger partial charge in [0.05, 0.1) is 16.9 Å². The Morgan fingerprint density at radius 2 is 1.93 bits per heavy atom. The monoisotopic (exact) mass is 398 g/mol. The summed E-state index contributed by atoms with van der Waals surface area (Å²) >= 11 is 1.36. The van der Waals surface area contributed by atoms with Crippen molar-refractivity contribution >= 4 is 38.8 Å². The first-order valence-corrected chi connectivity index (χ1v) is 10.4. The minimum absolute atomic E-state index is 0.137. The number of amides is 1. The molecule has 3 rings (SSSR count). The highest BCUT2D eigenvalue weighted by Crippen LogP contribution is 2.35. The third-order valence-electron chi connectivity index (χ3n) is 4.77. The lowest BCUT2D eigenvalue weighted by molar-refractivity contribution is 0.103. The van der Waals surface area contributed by atoms with E-state index in [1.807, 2.05) is 32.9 Å². The molecule has 0 saturated heterocycles. The van der Waals surface area contributed by atoms with E-state index in [-0.39, 0.29) is 5.91 Å². The van der Waals surface area contributed by atoms with Crippen molar-refractivity contribution in [1.82, 2.24) is 9.97 Å².